The van der Waals surface area contributed by atoms with Crippen molar-refractivity contribution < 1.29 is 4.74 Å². The first-order valence-corrected chi connectivity index (χ1v) is 6.84. The van der Waals surface area contributed by atoms with Crippen molar-refractivity contribution in [2.24, 2.45) is 0 Å². The minimum Gasteiger partial charge on any atom is -0.471 e. The van der Waals surface area contributed by atoms with Crippen molar-refractivity contribution in [3.63, 3.8) is 0 Å². The van der Waals surface area contributed by atoms with Gasteiger partial charge in [-0.15, -0.1) is 0 Å². The summed E-state index contributed by atoms with van der Waals surface area (Å²) in [4.78, 5) is 8.21. The summed E-state index contributed by atoms with van der Waals surface area (Å²) in [7, 11) is 0. The van der Waals surface area contributed by atoms with Gasteiger partial charge < -0.3 is 10.5 Å². The van der Waals surface area contributed by atoms with Crippen LogP contribution in [0.3, 0.4) is 0 Å². The third-order valence-corrected chi connectivity index (χ3v) is 3.08. The first-order chi connectivity index (χ1) is 8.70. The van der Waals surface area contributed by atoms with Gasteiger partial charge in [-0.1, -0.05) is 53.7 Å². The van der Waals surface area contributed by atoms with Gasteiger partial charge in [0.25, 0.3) is 0 Å². The Kier molecular flexibility index (Phi) is 4.28. The molecule has 0 amide bonds. The number of hydrogen-bond acceptors (Lipinski definition) is 5. The lowest BCUT2D eigenvalue weighted by atomic mass is 10.2. The number of hydrogen-bond donors (Lipinski definition) is 1. The minimum absolute atomic E-state index is 0.220. The molecule has 1 heterocycles. The molecule has 0 unspecified atom stereocenters. The molecule has 0 aliphatic carbocycles. The number of rotatable bonds is 4. The highest BCUT2D eigenvalue weighted by Crippen LogP contribution is 2.28. The quantitative estimate of drug-likeness (QED) is 0.530. The number of nitrogen functional groups attached to an aromatic ring is 1. The number of aromatic nitrogens is 2. The van der Waals surface area contributed by atoms with E-state index in [2.05, 4.69) is 9.97 Å². The molecular formula is C12H12ClN3OS. The molecule has 6 heteroatoms. The van der Waals surface area contributed by atoms with Crippen molar-refractivity contribution in [1.29, 1.82) is 0 Å². The molecule has 0 spiro atoms. The zero-order valence-corrected chi connectivity index (χ0v) is 11.3. The van der Waals surface area contributed by atoms with Crippen LogP contribution in [0.15, 0.2) is 35.5 Å². The molecule has 94 valence electrons. The Balaban J connectivity index is 2.16. The van der Waals surface area contributed by atoms with Gasteiger partial charge in [0.2, 0.25) is 5.88 Å². The highest BCUT2D eigenvalue weighted by molar-refractivity contribution is 7.98. The lowest BCUT2D eigenvalue weighted by molar-refractivity contribution is 0.292. The summed E-state index contributed by atoms with van der Waals surface area (Å²) < 4.78 is 5.57. The lowest BCUT2D eigenvalue weighted by Gasteiger charge is -2.09. The molecule has 2 aromatic rings. The summed E-state index contributed by atoms with van der Waals surface area (Å²) >= 11 is 7.30. The zero-order chi connectivity index (χ0) is 13.0. The zero-order valence-electron chi connectivity index (χ0n) is 9.76. The average Bonchev–Trinajstić information content (AvgIpc) is 2.41. The SMILES string of the molecule is CSc1nc(Cl)c(N)c(OCc2ccccc2)n1. The van der Waals surface area contributed by atoms with E-state index in [0.717, 1.165) is 5.56 Å². The molecule has 1 aromatic heterocycles. The molecular weight excluding hydrogens is 270 g/mol. The number of benzene rings is 1. The Hall–Kier alpha value is -1.46. The van der Waals surface area contributed by atoms with E-state index in [1.54, 1.807) is 0 Å². The van der Waals surface area contributed by atoms with Crippen LogP contribution in [0.5, 0.6) is 5.88 Å². The fraction of sp³-hybridized carbons (Fsp3) is 0.167. The highest BCUT2D eigenvalue weighted by Gasteiger charge is 2.11. The van der Waals surface area contributed by atoms with Crippen LogP contribution in [0.4, 0.5) is 5.69 Å². The molecule has 0 bridgehead atoms. The standard InChI is InChI=1S/C12H12ClN3OS/c1-18-12-15-10(13)9(14)11(16-12)17-7-8-5-3-2-4-6-8/h2-6H,7,14H2,1H3. The largest absolute Gasteiger partial charge is 0.471 e. The normalized spacial score (nSPS) is 10.3. The van der Waals surface area contributed by atoms with Crippen LogP contribution >= 0.6 is 23.4 Å². The minimum atomic E-state index is 0.220. The topological polar surface area (TPSA) is 61.0 Å². The molecule has 18 heavy (non-hydrogen) atoms. The predicted molar refractivity (Wildman–Crippen MR) is 74.0 cm³/mol. The number of anilines is 1. The van der Waals surface area contributed by atoms with E-state index in [1.165, 1.54) is 11.8 Å². The molecule has 2 rings (SSSR count). The van der Waals surface area contributed by atoms with E-state index in [0.29, 0.717) is 17.6 Å². The molecule has 0 saturated carbocycles. The van der Waals surface area contributed by atoms with Gasteiger partial charge >= 0.3 is 0 Å². The smallest absolute Gasteiger partial charge is 0.243 e. The number of thioether (sulfide) groups is 1. The Morgan fingerprint density at radius 2 is 2.00 bits per heavy atom. The van der Waals surface area contributed by atoms with E-state index >= 15 is 0 Å². The maximum atomic E-state index is 5.91. The van der Waals surface area contributed by atoms with Crippen molar-refractivity contribution in [2.45, 2.75) is 11.8 Å². The van der Waals surface area contributed by atoms with Gasteiger partial charge in [-0.25, -0.2) is 4.98 Å². The van der Waals surface area contributed by atoms with Crippen LogP contribution in [0.25, 0.3) is 0 Å². The summed E-state index contributed by atoms with van der Waals surface area (Å²) in [6, 6.07) is 9.78. The lowest BCUT2D eigenvalue weighted by Crippen LogP contribution is -2.03. The van der Waals surface area contributed by atoms with Crippen molar-refractivity contribution in [1.82, 2.24) is 9.97 Å². The summed E-state index contributed by atoms with van der Waals surface area (Å²) in [5.41, 5.74) is 7.09. The Morgan fingerprint density at radius 1 is 1.28 bits per heavy atom. The van der Waals surface area contributed by atoms with E-state index < -0.39 is 0 Å². The number of halogens is 1. The maximum absolute atomic E-state index is 5.91. The average molecular weight is 282 g/mol. The van der Waals surface area contributed by atoms with Crippen LogP contribution in [0.1, 0.15) is 5.56 Å². The van der Waals surface area contributed by atoms with E-state index in [1.807, 2.05) is 36.6 Å². The second kappa shape index (κ2) is 5.93. The Labute approximate surface area is 115 Å². The summed E-state index contributed by atoms with van der Waals surface area (Å²) in [5.74, 6) is 0.322. The first kappa shape index (κ1) is 13.0. The van der Waals surface area contributed by atoms with Crippen LogP contribution in [0.2, 0.25) is 5.15 Å². The summed E-state index contributed by atoms with van der Waals surface area (Å²) in [6.45, 7) is 0.395. The van der Waals surface area contributed by atoms with Crippen LogP contribution in [0, 0.1) is 0 Å². The number of nitrogens with two attached hydrogens (primary N) is 1. The Morgan fingerprint density at radius 3 is 2.67 bits per heavy atom. The van der Waals surface area contributed by atoms with Crippen molar-refractivity contribution in [2.75, 3.05) is 12.0 Å². The molecule has 0 aliphatic rings. The van der Waals surface area contributed by atoms with Crippen molar-refractivity contribution >= 4 is 29.1 Å². The maximum Gasteiger partial charge on any atom is 0.243 e. The molecule has 0 fully saturated rings. The molecule has 0 saturated heterocycles. The molecule has 0 atom stereocenters. The van der Waals surface area contributed by atoms with Crippen LogP contribution in [-0.2, 0) is 6.61 Å². The number of nitrogens with zero attached hydrogens (tertiary/aromatic N) is 2. The van der Waals surface area contributed by atoms with Crippen molar-refractivity contribution in [3.8, 4) is 5.88 Å². The molecule has 0 radical (unpaired) electrons. The second-order valence-corrected chi connectivity index (χ2v) is 4.63. The Bertz CT molecular complexity index is 536. The molecule has 0 aliphatic heterocycles. The van der Waals surface area contributed by atoms with E-state index in [4.69, 9.17) is 22.1 Å². The highest BCUT2D eigenvalue weighted by atomic mass is 35.5. The van der Waals surface area contributed by atoms with Gasteiger partial charge in [-0.2, -0.15) is 4.98 Å². The predicted octanol–water partition coefficient (Wildman–Crippen LogP) is 3.01. The van der Waals surface area contributed by atoms with Gasteiger partial charge in [0.15, 0.2) is 10.3 Å². The third kappa shape index (κ3) is 3.05. The molecule has 2 N–H and O–H groups in total. The van der Waals surface area contributed by atoms with Gasteiger partial charge in [0.1, 0.15) is 12.3 Å². The third-order valence-electron chi connectivity index (χ3n) is 2.24. The van der Waals surface area contributed by atoms with Gasteiger partial charge in [0, 0.05) is 0 Å². The molecule has 4 nitrogen and oxygen atoms in total. The van der Waals surface area contributed by atoms with E-state index in [-0.39, 0.29) is 10.8 Å². The van der Waals surface area contributed by atoms with Gasteiger partial charge in [-0.3, -0.25) is 0 Å². The van der Waals surface area contributed by atoms with Crippen LogP contribution in [-0.4, -0.2) is 16.2 Å². The molecule has 1 aromatic carbocycles. The van der Waals surface area contributed by atoms with Crippen LogP contribution < -0.4 is 10.5 Å². The van der Waals surface area contributed by atoms with Crippen molar-refractivity contribution in [3.05, 3.63) is 41.0 Å². The first-order valence-electron chi connectivity index (χ1n) is 5.24. The summed E-state index contributed by atoms with van der Waals surface area (Å²) in [6.07, 6.45) is 1.86. The fourth-order valence-electron chi connectivity index (χ4n) is 1.33. The fourth-order valence-corrected chi connectivity index (χ4v) is 1.90. The van der Waals surface area contributed by atoms with E-state index in [9.17, 15) is 0 Å². The van der Waals surface area contributed by atoms with Gasteiger partial charge in [-0.05, 0) is 11.8 Å². The van der Waals surface area contributed by atoms with Gasteiger partial charge in [0.05, 0.1) is 0 Å². The monoisotopic (exact) mass is 281 g/mol. The second-order valence-electron chi connectivity index (χ2n) is 3.49. The summed E-state index contributed by atoms with van der Waals surface area (Å²) in [5, 5.41) is 0.759. The number of ether oxygens (including phenoxy) is 1.